The Morgan fingerprint density at radius 1 is 1.25 bits per heavy atom. The van der Waals surface area contributed by atoms with E-state index >= 15 is 0 Å². The highest BCUT2D eigenvalue weighted by Crippen LogP contribution is 2.21. The molecule has 0 saturated carbocycles. The van der Waals surface area contributed by atoms with Crippen molar-refractivity contribution >= 4 is 23.4 Å². The van der Waals surface area contributed by atoms with Crippen molar-refractivity contribution in [2.75, 3.05) is 20.0 Å². The van der Waals surface area contributed by atoms with Crippen molar-refractivity contribution in [3.8, 4) is 0 Å². The van der Waals surface area contributed by atoms with Crippen molar-refractivity contribution in [2.45, 2.75) is 20.4 Å². The summed E-state index contributed by atoms with van der Waals surface area (Å²) in [5, 5.41) is 2.57. The predicted molar refractivity (Wildman–Crippen MR) is 80.8 cm³/mol. The minimum Gasteiger partial charge on any atom is -0.355 e. The van der Waals surface area contributed by atoms with Gasteiger partial charge in [-0.1, -0.05) is 12.1 Å². The molecule has 0 fully saturated rings. The Bertz CT molecular complexity index is 483. The molecule has 0 heterocycles. The molecule has 0 aliphatic carbocycles. The van der Waals surface area contributed by atoms with Crippen molar-refractivity contribution in [3.05, 3.63) is 35.4 Å². The molecule has 4 nitrogen and oxygen atoms in total. The fraction of sp³-hybridized carbons (Fsp3) is 0.467. The summed E-state index contributed by atoms with van der Waals surface area (Å²) in [5.74, 6) is 0.165. The third-order valence-electron chi connectivity index (χ3n) is 3.12. The number of alkyl halides is 1. The highest BCUT2D eigenvalue weighted by Gasteiger charge is 2.29. The number of rotatable bonds is 5. The second-order valence-corrected chi connectivity index (χ2v) is 5.72. The molecule has 20 heavy (non-hydrogen) atoms. The fourth-order valence-electron chi connectivity index (χ4n) is 1.83. The lowest BCUT2D eigenvalue weighted by Gasteiger charge is -2.27. The van der Waals surface area contributed by atoms with E-state index in [9.17, 15) is 9.59 Å². The number of amides is 2. The van der Waals surface area contributed by atoms with E-state index in [1.165, 1.54) is 0 Å². The van der Waals surface area contributed by atoms with Gasteiger partial charge in [0.05, 0.1) is 5.41 Å². The zero-order chi connectivity index (χ0) is 15.3. The average molecular weight is 297 g/mol. The Morgan fingerprint density at radius 2 is 1.80 bits per heavy atom. The van der Waals surface area contributed by atoms with Crippen LogP contribution in [0.3, 0.4) is 0 Å². The van der Waals surface area contributed by atoms with Gasteiger partial charge in [0, 0.05) is 32.1 Å². The molecule has 0 aromatic heterocycles. The van der Waals surface area contributed by atoms with E-state index in [-0.39, 0.29) is 17.7 Å². The first kappa shape index (κ1) is 16.5. The smallest absolute Gasteiger partial charge is 0.251 e. The molecule has 0 atom stereocenters. The van der Waals surface area contributed by atoms with Crippen molar-refractivity contribution in [1.29, 1.82) is 0 Å². The molecule has 0 spiro atoms. The number of nitrogens with zero attached hydrogens (tertiary/aromatic N) is 1. The predicted octanol–water partition coefficient (Wildman–Crippen LogP) is 2.27. The Hall–Kier alpha value is -1.55. The summed E-state index contributed by atoms with van der Waals surface area (Å²) in [6, 6.07) is 7.20. The maximum atomic E-state index is 12.2. The molecule has 0 aliphatic rings. The van der Waals surface area contributed by atoms with Gasteiger partial charge in [0.2, 0.25) is 5.91 Å². The van der Waals surface area contributed by atoms with E-state index in [0.29, 0.717) is 12.1 Å². The number of halogens is 1. The summed E-state index contributed by atoms with van der Waals surface area (Å²) < 4.78 is 0. The van der Waals surface area contributed by atoms with Gasteiger partial charge in [-0.3, -0.25) is 9.59 Å². The van der Waals surface area contributed by atoms with Crippen molar-refractivity contribution in [3.63, 3.8) is 0 Å². The third-order valence-corrected chi connectivity index (χ3v) is 3.79. The van der Waals surface area contributed by atoms with Gasteiger partial charge in [0.1, 0.15) is 0 Å². The number of nitrogens with one attached hydrogen (secondary N) is 1. The normalized spacial score (nSPS) is 11.1. The van der Waals surface area contributed by atoms with E-state index in [1.54, 1.807) is 31.1 Å². The topological polar surface area (TPSA) is 49.4 Å². The Labute approximate surface area is 125 Å². The van der Waals surface area contributed by atoms with E-state index in [2.05, 4.69) is 5.32 Å². The zero-order valence-corrected chi connectivity index (χ0v) is 13.1. The monoisotopic (exact) mass is 296 g/mol. The van der Waals surface area contributed by atoms with Gasteiger partial charge in [0.25, 0.3) is 5.91 Å². The summed E-state index contributed by atoms with van der Waals surface area (Å²) in [6.07, 6.45) is 0. The molecule has 0 saturated heterocycles. The average Bonchev–Trinajstić information content (AvgIpc) is 2.46. The van der Waals surface area contributed by atoms with E-state index in [0.717, 1.165) is 5.56 Å². The highest BCUT2D eigenvalue weighted by molar-refractivity contribution is 6.19. The molecule has 1 N–H and O–H groups in total. The lowest BCUT2D eigenvalue weighted by atomic mass is 9.94. The van der Waals surface area contributed by atoms with E-state index in [4.69, 9.17) is 11.6 Å². The molecule has 0 radical (unpaired) electrons. The first-order valence-electron chi connectivity index (χ1n) is 6.44. The molecule has 0 bridgehead atoms. The minimum atomic E-state index is -0.571. The van der Waals surface area contributed by atoms with Crippen LogP contribution in [0.1, 0.15) is 29.8 Å². The van der Waals surface area contributed by atoms with Gasteiger partial charge in [-0.15, -0.1) is 11.6 Å². The van der Waals surface area contributed by atoms with Gasteiger partial charge in [0.15, 0.2) is 0 Å². The molecule has 5 heteroatoms. The molecule has 1 aromatic rings. The lowest BCUT2D eigenvalue weighted by molar-refractivity contribution is -0.138. The minimum absolute atomic E-state index is 0.00266. The van der Waals surface area contributed by atoms with E-state index < -0.39 is 5.41 Å². The van der Waals surface area contributed by atoms with Crippen LogP contribution in [0.2, 0.25) is 0 Å². The molecule has 0 unspecified atom stereocenters. The second kappa shape index (κ2) is 6.75. The van der Waals surface area contributed by atoms with Crippen LogP contribution in [-0.4, -0.2) is 36.7 Å². The standard InChI is InChI=1S/C15H21ClN2O2/c1-15(2,10-16)14(20)18(4)9-11-5-7-12(8-6-11)13(19)17-3/h5-8H,9-10H2,1-4H3,(H,17,19). The highest BCUT2D eigenvalue weighted by atomic mass is 35.5. The van der Waals surface area contributed by atoms with Crippen molar-refractivity contribution in [2.24, 2.45) is 5.41 Å². The van der Waals surface area contributed by atoms with Crippen LogP contribution in [0.4, 0.5) is 0 Å². The lowest BCUT2D eigenvalue weighted by Crippen LogP contribution is -2.39. The van der Waals surface area contributed by atoms with Gasteiger partial charge in [-0.05, 0) is 31.5 Å². The molecular formula is C15H21ClN2O2. The Balaban J connectivity index is 2.74. The molecule has 1 aromatic carbocycles. The summed E-state index contributed by atoms with van der Waals surface area (Å²) in [7, 11) is 3.35. The molecule has 1 rings (SSSR count). The molecule has 110 valence electrons. The number of hydrogen-bond acceptors (Lipinski definition) is 2. The fourth-order valence-corrected chi connectivity index (χ4v) is 1.94. The van der Waals surface area contributed by atoms with Crippen LogP contribution < -0.4 is 5.32 Å². The van der Waals surface area contributed by atoms with Crippen LogP contribution in [0.15, 0.2) is 24.3 Å². The first-order chi connectivity index (χ1) is 9.31. The van der Waals surface area contributed by atoms with Crippen LogP contribution in [-0.2, 0) is 11.3 Å². The number of hydrogen-bond donors (Lipinski definition) is 1. The second-order valence-electron chi connectivity index (χ2n) is 5.45. The number of carbonyl (C=O) groups is 2. The van der Waals surface area contributed by atoms with Crippen LogP contribution >= 0.6 is 11.6 Å². The van der Waals surface area contributed by atoms with Gasteiger partial charge >= 0.3 is 0 Å². The van der Waals surface area contributed by atoms with Crippen LogP contribution in [0.25, 0.3) is 0 Å². The van der Waals surface area contributed by atoms with E-state index in [1.807, 2.05) is 26.0 Å². The summed E-state index contributed by atoms with van der Waals surface area (Å²) in [6.45, 7) is 4.15. The first-order valence-corrected chi connectivity index (χ1v) is 6.98. The zero-order valence-electron chi connectivity index (χ0n) is 12.4. The summed E-state index contributed by atoms with van der Waals surface area (Å²) in [4.78, 5) is 25.3. The van der Waals surface area contributed by atoms with Crippen molar-refractivity contribution < 1.29 is 9.59 Å². The number of carbonyl (C=O) groups excluding carboxylic acids is 2. The Kier molecular flexibility index (Phi) is 5.57. The summed E-state index contributed by atoms with van der Waals surface area (Å²) in [5.41, 5.74) is 1.00. The number of benzene rings is 1. The van der Waals surface area contributed by atoms with Crippen LogP contribution in [0.5, 0.6) is 0 Å². The molecule has 2 amide bonds. The summed E-state index contributed by atoms with van der Waals surface area (Å²) >= 11 is 5.81. The van der Waals surface area contributed by atoms with Crippen molar-refractivity contribution in [1.82, 2.24) is 10.2 Å². The van der Waals surface area contributed by atoms with Crippen LogP contribution in [0, 0.1) is 5.41 Å². The molecule has 0 aliphatic heterocycles. The third kappa shape index (κ3) is 3.97. The maximum absolute atomic E-state index is 12.2. The van der Waals surface area contributed by atoms with Gasteiger partial charge in [-0.25, -0.2) is 0 Å². The largest absolute Gasteiger partial charge is 0.355 e. The Morgan fingerprint density at radius 3 is 2.25 bits per heavy atom. The molecular weight excluding hydrogens is 276 g/mol. The maximum Gasteiger partial charge on any atom is 0.251 e. The quantitative estimate of drug-likeness (QED) is 0.848. The SMILES string of the molecule is CNC(=O)c1ccc(CN(C)C(=O)C(C)(C)CCl)cc1. The van der Waals surface area contributed by atoms with Gasteiger partial charge in [-0.2, -0.15) is 0 Å². The van der Waals surface area contributed by atoms with Gasteiger partial charge < -0.3 is 10.2 Å².